The van der Waals surface area contributed by atoms with Crippen LogP contribution in [0.5, 0.6) is 0 Å². The van der Waals surface area contributed by atoms with E-state index in [2.05, 4.69) is 10.6 Å². The van der Waals surface area contributed by atoms with Gasteiger partial charge in [-0.3, -0.25) is 19.2 Å². The van der Waals surface area contributed by atoms with Crippen molar-refractivity contribution in [2.45, 2.75) is 71.5 Å². The van der Waals surface area contributed by atoms with Crippen LogP contribution >= 0.6 is 11.8 Å². The molecule has 2 N–H and O–H groups in total. The van der Waals surface area contributed by atoms with Crippen LogP contribution in [0.4, 0.5) is 0 Å². The molecule has 0 aliphatic carbocycles. The third-order valence-corrected chi connectivity index (χ3v) is 9.23. The predicted molar refractivity (Wildman–Crippen MR) is 178 cm³/mol. The number of likely N-dealkylation sites (tertiary alicyclic amines) is 1. The zero-order valence-corrected chi connectivity index (χ0v) is 28.4. The van der Waals surface area contributed by atoms with Crippen molar-refractivity contribution >= 4 is 35.4 Å². The van der Waals surface area contributed by atoms with Crippen LogP contribution in [0.15, 0.2) is 30.3 Å². The zero-order valence-electron chi connectivity index (χ0n) is 27.6. The number of rotatable bonds is 9. The minimum absolute atomic E-state index is 0.0197. The van der Waals surface area contributed by atoms with Gasteiger partial charge >= 0.3 is 0 Å². The summed E-state index contributed by atoms with van der Waals surface area (Å²) >= 11 is 1.62. The number of thioether (sulfide) groups is 1. The monoisotopic (exact) mass is 655 g/mol. The molecule has 2 aliphatic rings. The number of piperidine rings is 1. The summed E-state index contributed by atoms with van der Waals surface area (Å²) in [4.78, 5) is 61.6. The Morgan fingerprint density at radius 1 is 1.02 bits per heavy atom. The van der Waals surface area contributed by atoms with E-state index >= 15 is 0 Å². The molecule has 12 nitrogen and oxygen atoms in total. The summed E-state index contributed by atoms with van der Waals surface area (Å²) in [6, 6.07) is 8.56. The van der Waals surface area contributed by atoms with Gasteiger partial charge in [0.1, 0.15) is 12.6 Å². The van der Waals surface area contributed by atoms with Gasteiger partial charge in [0.2, 0.25) is 23.6 Å². The highest BCUT2D eigenvalue weighted by molar-refractivity contribution is 7.98. The Balaban J connectivity index is 1.61. The van der Waals surface area contributed by atoms with Gasteiger partial charge in [-0.15, -0.1) is 0 Å². The predicted octanol–water partition coefficient (Wildman–Crippen LogP) is 2.89. The second-order valence-corrected chi connectivity index (χ2v) is 13.2. The summed E-state index contributed by atoms with van der Waals surface area (Å²) in [6.07, 6.45) is 4.31. The summed E-state index contributed by atoms with van der Waals surface area (Å²) in [6.45, 7) is 8.63. The fourth-order valence-corrected chi connectivity index (χ4v) is 6.38. The van der Waals surface area contributed by atoms with Gasteiger partial charge in [-0.25, -0.2) is 9.67 Å². The molecule has 1 aromatic carbocycles. The van der Waals surface area contributed by atoms with Crippen LogP contribution < -0.4 is 10.6 Å². The van der Waals surface area contributed by atoms with Gasteiger partial charge in [0.05, 0.1) is 12.6 Å². The average Bonchev–Trinajstić information content (AvgIpc) is 3.49. The van der Waals surface area contributed by atoms with Crippen molar-refractivity contribution in [1.82, 2.24) is 35.2 Å². The molecule has 4 rings (SSSR count). The fourth-order valence-electron chi connectivity index (χ4n) is 5.91. The molecule has 3 heterocycles. The lowest BCUT2D eigenvalue weighted by Crippen LogP contribution is -2.49. The van der Waals surface area contributed by atoms with Gasteiger partial charge in [0.15, 0.2) is 11.6 Å². The number of carbonyl (C=O) groups is 4. The van der Waals surface area contributed by atoms with E-state index < -0.39 is 12.1 Å². The molecular weight excluding hydrogens is 606 g/mol. The second kappa shape index (κ2) is 17.5. The molecule has 2 atom stereocenters. The summed E-state index contributed by atoms with van der Waals surface area (Å²) in [5.41, 5.74) is 0.859. The maximum atomic E-state index is 13.9. The van der Waals surface area contributed by atoms with Gasteiger partial charge in [-0.1, -0.05) is 44.2 Å². The Bertz CT molecular complexity index is 1310. The highest BCUT2D eigenvalue weighted by Crippen LogP contribution is 2.26. The first-order valence-corrected chi connectivity index (χ1v) is 17.8. The lowest BCUT2D eigenvalue weighted by Gasteiger charge is -2.34. The number of hydrogen-bond donors (Lipinski definition) is 2. The molecule has 1 saturated heterocycles. The molecule has 0 radical (unpaired) electrons. The van der Waals surface area contributed by atoms with Crippen LogP contribution in [-0.2, 0) is 30.5 Å². The SMILES string of the molecule is CCOCC(=O)N1CCC(C(=O)N2CCCC(=O)N[C@@H](CCSC)C(=O)N[C@H](C(C)C)c3nc(-c4ccccc4)nn3CC2)CC1. The molecule has 2 aliphatic heterocycles. The lowest BCUT2D eigenvalue weighted by atomic mass is 9.95. The maximum absolute atomic E-state index is 13.9. The Labute approximate surface area is 276 Å². The van der Waals surface area contributed by atoms with Crippen LogP contribution in [0.1, 0.15) is 64.7 Å². The average molecular weight is 656 g/mol. The van der Waals surface area contributed by atoms with Crippen LogP contribution in [0.2, 0.25) is 0 Å². The first-order chi connectivity index (χ1) is 22.2. The van der Waals surface area contributed by atoms with Crippen LogP contribution in [-0.4, -0.2) is 106 Å². The van der Waals surface area contributed by atoms with E-state index in [1.165, 1.54) is 0 Å². The molecule has 4 amide bonds. The van der Waals surface area contributed by atoms with Crippen LogP contribution in [0.25, 0.3) is 11.4 Å². The van der Waals surface area contributed by atoms with Crippen molar-refractivity contribution in [1.29, 1.82) is 0 Å². The first kappa shape index (κ1) is 35.4. The molecule has 13 heteroatoms. The number of fused-ring (bicyclic) bond motifs is 1. The summed E-state index contributed by atoms with van der Waals surface area (Å²) in [5.74, 6) is 1.19. The molecule has 0 bridgehead atoms. The highest BCUT2D eigenvalue weighted by Gasteiger charge is 2.33. The van der Waals surface area contributed by atoms with Crippen molar-refractivity contribution in [2.24, 2.45) is 11.8 Å². The molecular formula is C33H49N7O5S. The molecule has 0 spiro atoms. The largest absolute Gasteiger partial charge is 0.372 e. The van der Waals surface area contributed by atoms with Crippen LogP contribution in [0.3, 0.4) is 0 Å². The molecule has 46 heavy (non-hydrogen) atoms. The summed E-state index contributed by atoms with van der Waals surface area (Å²) in [5, 5.41) is 11.0. The minimum Gasteiger partial charge on any atom is -0.372 e. The van der Waals surface area contributed by atoms with E-state index in [4.69, 9.17) is 14.8 Å². The lowest BCUT2D eigenvalue weighted by molar-refractivity contribution is -0.143. The number of ether oxygens (including phenoxy) is 1. The summed E-state index contributed by atoms with van der Waals surface area (Å²) < 4.78 is 7.11. The Morgan fingerprint density at radius 3 is 2.43 bits per heavy atom. The van der Waals surface area contributed by atoms with Crippen molar-refractivity contribution in [2.75, 3.05) is 51.4 Å². The number of benzene rings is 1. The zero-order chi connectivity index (χ0) is 33.1. The molecule has 1 fully saturated rings. The molecule has 0 saturated carbocycles. The quantitative estimate of drug-likeness (QED) is 0.421. The Hall–Kier alpha value is -3.45. The minimum atomic E-state index is -0.678. The van der Waals surface area contributed by atoms with E-state index in [9.17, 15) is 19.2 Å². The molecule has 2 aromatic rings. The van der Waals surface area contributed by atoms with Gasteiger partial charge in [-0.2, -0.15) is 16.9 Å². The fraction of sp³-hybridized carbons (Fsp3) is 0.636. The number of hydrogen-bond acceptors (Lipinski definition) is 8. The first-order valence-electron chi connectivity index (χ1n) is 16.4. The van der Waals surface area contributed by atoms with E-state index in [0.717, 1.165) is 11.3 Å². The van der Waals surface area contributed by atoms with E-state index in [0.29, 0.717) is 76.7 Å². The highest BCUT2D eigenvalue weighted by atomic mass is 32.2. The number of nitrogens with one attached hydrogen (secondary N) is 2. The second-order valence-electron chi connectivity index (χ2n) is 12.2. The topological polar surface area (TPSA) is 139 Å². The van der Waals surface area contributed by atoms with Gasteiger partial charge in [-0.05, 0) is 50.5 Å². The van der Waals surface area contributed by atoms with Gasteiger partial charge in [0, 0.05) is 50.7 Å². The Morgan fingerprint density at radius 2 is 1.76 bits per heavy atom. The van der Waals surface area contributed by atoms with Crippen molar-refractivity contribution in [3.63, 3.8) is 0 Å². The van der Waals surface area contributed by atoms with E-state index in [1.54, 1.807) is 16.7 Å². The summed E-state index contributed by atoms with van der Waals surface area (Å²) in [7, 11) is 0. The molecule has 0 unspecified atom stereocenters. The van der Waals surface area contributed by atoms with Crippen LogP contribution in [0, 0.1) is 11.8 Å². The molecule has 1 aromatic heterocycles. The Kier molecular flexibility index (Phi) is 13.4. The standard InChI is InChI=1S/C33H49N7O5S/c1-5-45-22-28(42)38-17-13-25(14-18-38)33(44)39-16-9-12-27(41)34-26(15-21-46-4)32(43)35-29(23(2)3)31-36-30(37-40(31)20-19-39)24-10-7-6-8-11-24/h6-8,10-11,23,25-26,29H,5,9,12-22H2,1-4H3,(H,34,41)(H,35,43)/t26-,29+/m0/s1. The maximum Gasteiger partial charge on any atom is 0.248 e. The number of amides is 4. The third-order valence-electron chi connectivity index (χ3n) is 8.59. The third kappa shape index (κ3) is 9.54. The number of nitrogens with zero attached hydrogens (tertiary/aromatic N) is 5. The molecule has 252 valence electrons. The number of aromatic nitrogens is 3. The number of carbonyl (C=O) groups excluding carboxylic acids is 4. The van der Waals surface area contributed by atoms with Crippen molar-refractivity contribution in [3.05, 3.63) is 36.2 Å². The van der Waals surface area contributed by atoms with Crippen molar-refractivity contribution < 1.29 is 23.9 Å². The van der Waals surface area contributed by atoms with Crippen molar-refractivity contribution in [3.8, 4) is 11.4 Å². The van der Waals surface area contributed by atoms with Gasteiger partial charge < -0.3 is 25.2 Å². The van der Waals surface area contributed by atoms with Gasteiger partial charge in [0.25, 0.3) is 0 Å². The normalized spacial score (nSPS) is 20.5. The van der Waals surface area contributed by atoms with E-state index in [1.807, 2.05) is 66.9 Å². The smallest absolute Gasteiger partial charge is 0.248 e. The van der Waals surface area contributed by atoms with E-state index in [-0.39, 0.29) is 48.5 Å².